The highest BCUT2D eigenvalue weighted by atomic mass is 16.4. The molecule has 1 N–H and O–H groups in total. The normalized spacial score (nSPS) is 11.1. The Bertz CT molecular complexity index is 683. The Morgan fingerprint density at radius 1 is 1.28 bits per heavy atom. The van der Waals surface area contributed by atoms with E-state index in [9.17, 15) is 9.59 Å². The van der Waals surface area contributed by atoms with Crippen molar-refractivity contribution in [2.75, 3.05) is 0 Å². The summed E-state index contributed by atoms with van der Waals surface area (Å²) >= 11 is 0. The van der Waals surface area contributed by atoms with E-state index >= 15 is 0 Å². The SMILES string of the molecule is CC(C)c1cc(C(=O)O)cc2ccc(=O)n(C)c12. The zero-order valence-electron chi connectivity index (χ0n) is 10.6. The minimum Gasteiger partial charge on any atom is -0.478 e. The minimum absolute atomic E-state index is 0.0903. The second-order valence-electron chi connectivity index (χ2n) is 4.69. The fourth-order valence-corrected chi connectivity index (χ4v) is 2.14. The fraction of sp³-hybridized carbons (Fsp3) is 0.286. The quantitative estimate of drug-likeness (QED) is 0.883. The average molecular weight is 245 g/mol. The largest absolute Gasteiger partial charge is 0.478 e. The van der Waals surface area contributed by atoms with Gasteiger partial charge in [-0.2, -0.15) is 0 Å². The van der Waals surface area contributed by atoms with Crippen molar-refractivity contribution in [2.24, 2.45) is 7.05 Å². The maximum absolute atomic E-state index is 11.7. The Hall–Kier alpha value is -2.10. The van der Waals surface area contributed by atoms with E-state index in [1.807, 2.05) is 13.8 Å². The van der Waals surface area contributed by atoms with Gasteiger partial charge in [-0.3, -0.25) is 4.79 Å². The summed E-state index contributed by atoms with van der Waals surface area (Å²) < 4.78 is 1.57. The number of carbonyl (C=O) groups is 1. The second kappa shape index (κ2) is 4.29. The first-order valence-electron chi connectivity index (χ1n) is 5.79. The lowest BCUT2D eigenvalue weighted by Crippen LogP contribution is -2.17. The van der Waals surface area contributed by atoms with Crippen LogP contribution in [0, 0.1) is 0 Å². The topological polar surface area (TPSA) is 59.3 Å². The summed E-state index contributed by atoms with van der Waals surface area (Å²) in [6.07, 6.45) is 0. The molecule has 4 nitrogen and oxygen atoms in total. The number of nitrogens with zero attached hydrogens (tertiary/aromatic N) is 1. The van der Waals surface area contributed by atoms with Crippen molar-refractivity contribution in [3.8, 4) is 0 Å². The van der Waals surface area contributed by atoms with Crippen LogP contribution >= 0.6 is 0 Å². The summed E-state index contributed by atoms with van der Waals surface area (Å²) in [6, 6.07) is 6.38. The molecule has 1 aromatic heterocycles. The van der Waals surface area contributed by atoms with E-state index in [0.717, 1.165) is 16.5 Å². The van der Waals surface area contributed by atoms with Crippen LogP contribution in [0.1, 0.15) is 35.7 Å². The molecule has 0 saturated carbocycles. The first-order valence-corrected chi connectivity index (χ1v) is 5.79. The van der Waals surface area contributed by atoms with Crippen LogP contribution in [0.5, 0.6) is 0 Å². The summed E-state index contributed by atoms with van der Waals surface area (Å²) in [7, 11) is 1.71. The third-order valence-electron chi connectivity index (χ3n) is 3.11. The predicted molar refractivity (Wildman–Crippen MR) is 70.2 cm³/mol. The Morgan fingerprint density at radius 3 is 2.50 bits per heavy atom. The van der Waals surface area contributed by atoms with Gasteiger partial charge in [0, 0.05) is 13.1 Å². The van der Waals surface area contributed by atoms with E-state index in [1.165, 1.54) is 6.07 Å². The molecular weight excluding hydrogens is 230 g/mol. The zero-order valence-corrected chi connectivity index (χ0v) is 10.6. The monoisotopic (exact) mass is 245 g/mol. The van der Waals surface area contributed by atoms with E-state index in [0.29, 0.717) is 0 Å². The van der Waals surface area contributed by atoms with Crippen molar-refractivity contribution in [1.82, 2.24) is 4.57 Å². The van der Waals surface area contributed by atoms with E-state index < -0.39 is 5.97 Å². The average Bonchev–Trinajstić information content (AvgIpc) is 2.32. The van der Waals surface area contributed by atoms with Gasteiger partial charge in [0.1, 0.15) is 0 Å². The number of pyridine rings is 1. The van der Waals surface area contributed by atoms with Crippen molar-refractivity contribution < 1.29 is 9.90 Å². The maximum Gasteiger partial charge on any atom is 0.335 e. The van der Waals surface area contributed by atoms with Crippen molar-refractivity contribution in [3.05, 3.63) is 45.7 Å². The molecule has 0 fully saturated rings. The van der Waals surface area contributed by atoms with Gasteiger partial charge in [0.05, 0.1) is 11.1 Å². The van der Waals surface area contributed by atoms with Gasteiger partial charge < -0.3 is 9.67 Å². The Labute approximate surface area is 104 Å². The molecular formula is C14H15NO3. The lowest BCUT2D eigenvalue weighted by Gasteiger charge is -2.14. The van der Waals surface area contributed by atoms with Gasteiger partial charge in [0.25, 0.3) is 5.56 Å². The van der Waals surface area contributed by atoms with Gasteiger partial charge >= 0.3 is 5.97 Å². The summed E-state index contributed by atoms with van der Waals surface area (Å²) in [5.41, 5.74) is 1.85. The molecule has 0 spiro atoms. The number of aromatic carboxylic acids is 1. The number of hydrogen-bond acceptors (Lipinski definition) is 2. The minimum atomic E-state index is -0.951. The van der Waals surface area contributed by atoms with Crippen molar-refractivity contribution in [3.63, 3.8) is 0 Å². The number of hydrogen-bond donors (Lipinski definition) is 1. The predicted octanol–water partition coefficient (Wildman–Crippen LogP) is 2.36. The van der Waals surface area contributed by atoms with E-state index in [1.54, 1.807) is 29.8 Å². The summed E-state index contributed by atoms with van der Waals surface area (Å²) in [5.74, 6) is -0.799. The molecule has 0 bridgehead atoms. The highest BCUT2D eigenvalue weighted by Crippen LogP contribution is 2.26. The van der Waals surface area contributed by atoms with Crippen LogP contribution < -0.4 is 5.56 Å². The summed E-state index contributed by atoms with van der Waals surface area (Å²) in [4.78, 5) is 22.8. The lowest BCUT2D eigenvalue weighted by atomic mass is 9.96. The summed E-state index contributed by atoms with van der Waals surface area (Å²) in [5, 5.41) is 9.88. The lowest BCUT2D eigenvalue weighted by molar-refractivity contribution is 0.0697. The Morgan fingerprint density at radius 2 is 1.94 bits per heavy atom. The van der Waals surface area contributed by atoms with E-state index in [-0.39, 0.29) is 17.0 Å². The molecule has 94 valence electrons. The Balaban J connectivity index is 2.95. The molecule has 0 atom stereocenters. The highest BCUT2D eigenvalue weighted by molar-refractivity contribution is 5.95. The van der Waals surface area contributed by atoms with Gasteiger partial charge in [-0.05, 0) is 35.1 Å². The van der Waals surface area contributed by atoms with Crippen LogP contribution in [-0.2, 0) is 7.05 Å². The molecule has 0 aliphatic heterocycles. The third-order valence-corrected chi connectivity index (χ3v) is 3.11. The van der Waals surface area contributed by atoms with Gasteiger partial charge in [-0.15, -0.1) is 0 Å². The molecule has 0 amide bonds. The molecule has 1 aromatic carbocycles. The first kappa shape index (κ1) is 12.4. The molecule has 0 unspecified atom stereocenters. The van der Waals surface area contributed by atoms with Gasteiger partial charge in [0.15, 0.2) is 0 Å². The number of benzene rings is 1. The van der Waals surface area contributed by atoms with Crippen LogP contribution in [0.15, 0.2) is 29.1 Å². The highest BCUT2D eigenvalue weighted by Gasteiger charge is 2.13. The van der Waals surface area contributed by atoms with E-state index in [4.69, 9.17) is 5.11 Å². The van der Waals surface area contributed by atoms with Crippen LogP contribution in [0.4, 0.5) is 0 Å². The van der Waals surface area contributed by atoms with E-state index in [2.05, 4.69) is 0 Å². The molecule has 0 aliphatic rings. The molecule has 1 heterocycles. The molecule has 18 heavy (non-hydrogen) atoms. The van der Waals surface area contributed by atoms with Crippen LogP contribution in [-0.4, -0.2) is 15.6 Å². The van der Waals surface area contributed by atoms with Crippen LogP contribution in [0.25, 0.3) is 10.9 Å². The Kier molecular flexibility index (Phi) is 2.95. The van der Waals surface area contributed by atoms with Gasteiger partial charge in [-0.1, -0.05) is 13.8 Å². The van der Waals surface area contributed by atoms with Crippen LogP contribution in [0.3, 0.4) is 0 Å². The number of carboxylic acid groups (broad SMARTS) is 1. The maximum atomic E-state index is 11.7. The van der Waals surface area contributed by atoms with Gasteiger partial charge in [-0.25, -0.2) is 4.79 Å². The van der Waals surface area contributed by atoms with Crippen molar-refractivity contribution in [1.29, 1.82) is 0 Å². The number of rotatable bonds is 2. The van der Waals surface area contributed by atoms with Gasteiger partial charge in [0.2, 0.25) is 0 Å². The zero-order chi connectivity index (χ0) is 13.4. The smallest absolute Gasteiger partial charge is 0.335 e. The standard InChI is InChI=1S/C14H15NO3/c1-8(2)11-7-10(14(17)18)6-9-4-5-12(16)15(3)13(9)11/h4-8H,1-3H3,(H,17,18). The fourth-order valence-electron chi connectivity index (χ4n) is 2.14. The molecule has 2 rings (SSSR count). The van der Waals surface area contributed by atoms with Crippen molar-refractivity contribution >= 4 is 16.9 Å². The third kappa shape index (κ3) is 1.90. The molecule has 4 heteroatoms. The molecule has 0 radical (unpaired) electrons. The number of aryl methyl sites for hydroxylation is 1. The molecule has 0 aliphatic carbocycles. The summed E-state index contributed by atoms with van der Waals surface area (Å²) in [6.45, 7) is 3.97. The second-order valence-corrected chi connectivity index (χ2v) is 4.69. The molecule has 0 saturated heterocycles. The van der Waals surface area contributed by atoms with Crippen molar-refractivity contribution in [2.45, 2.75) is 19.8 Å². The number of carboxylic acids is 1. The van der Waals surface area contributed by atoms with Crippen LogP contribution in [0.2, 0.25) is 0 Å². The number of aromatic nitrogens is 1. The first-order chi connectivity index (χ1) is 8.41. The number of fused-ring (bicyclic) bond motifs is 1. The molecule has 2 aromatic rings.